The summed E-state index contributed by atoms with van der Waals surface area (Å²) < 4.78 is 28.0. The number of rotatable bonds is 9. The Labute approximate surface area is 248 Å². The molecule has 1 amide bonds. The SMILES string of the molecule is CC(C)C1(O)N2CC[C@@H](C[C@@H](O)CC(=O)O)O[C@@]2(c2ccc(F)cc2)C2(c3ccccc3)OC12C(=O)Nc1ccccc1. The van der Waals surface area contributed by atoms with Crippen LogP contribution in [0.1, 0.15) is 44.2 Å². The van der Waals surface area contributed by atoms with Crippen LogP contribution in [0.25, 0.3) is 0 Å². The van der Waals surface area contributed by atoms with Crippen molar-refractivity contribution in [2.45, 2.75) is 68.0 Å². The number of hydrogen-bond acceptors (Lipinski definition) is 7. The highest BCUT2D eigenvalue weighted by atomic mass is 19.1. The van der Waals surface area contributed by atoms with Crippen LogP contribution in [-0.2, 0) is 30.4 Å². The lowest BCUT2D eigenvalue weighted by Crippen LogP contribution is -2.68. The first-order valence-corrected chi connectivity index (χ1v) is 14.5. The standard InChI is InChI=1S/C33H35FN2O7/c1-21(2)32(41)31(29(40)35-25-11-7-4-8-12-25)30(43-31,22-9-5-3-6-10-22)33(23-13-15-24(34)16-14-23)36(32)18-17-27(42-33)19-26(37)20-28(38)39/h3-16,21,26-27,37,41H,17-20H2,1-2H3,(H,35,40)(H,38,39)/t26-,27+,30?,31?,32?,33+/m1/s1. The normalized spacial score (nSPS) is 32.1. The third-order valence-electron chi connectivity index (χ3n) is 9.08. The molecule has 3 unspecified atom stereocenters. The quantitative estimate of drug-likeness (QED) is 0.276. The lowest BCUT2D eigenvalue weighted by molar-refractivity contribution is -0.326. The molecule has 226 valence electrons. The van der Waals surface area contributed by atoms with E-state index in [2.05, 4.69) is 5.32 Å². The van der Waals surface area contributed by atoms with Crippen LogP contribution in [0.4, 0.5) is 10.1 Å². The van der Waals surface area contributed by atoms with Crippen molar-refractivity contribution in [2.75, 3.05) is 11.9 Å². The first-order chi connectivity index (χ1) is 20.5. The number of aliphatic hydroxyl groups excluding tert-OH is 1. The third kappa shape index (κ3) is 4.08. The average Bonchev–Trinajstić information content (AvgIpc) is 3.67. The fraction of sp³-hybridized carbons (Fsp3) is 0.394. The molecule has 3 aliphatic rings. The first kappa shape index (κ1) is 29.4. The second kappa shape index (κ2) is 10.5. The maximum atomic E-state index is 14.6. The highest BCUT2D eigenvalue weighted by Gasteiger charge is 2.99. The van der Waals surface area contributed by atoms with Crippen LogP contribution in [0.2, 0.25) is 0 Å². The minimum Gasteiger partial charge on any atom is -0.481 e. The van der Waals surface area contributed by atoms with Crippen LogP contribution in [0.15, 0.2) is 84.9 Å². The average molecular weight is 591 g/mol. The molecule has 6 rings (SSSR count). The monoisotopic (exact) mass is 590 g/mol. The van der Waals surface area contributed by atoms with E-state index in [1.54, 1.807) is 79.4 Å². The van der Waals surface area contributed by atoms with Gasteiger partial charge in [-0.1, -0.05) is 74.5 Å². The van der Waals surface area contributed by atoms with Crippen LogP contribution < -0.4 is 5.32 Å². The number of fused-ring (bicyclic) bond motifs is 3. The molecule has 3 saturated heterocycles. The molecular weight excluding hydrogens is 555 g/mol. The van der Waals surface area contributed by atoms with Gasteiger partial charge in [0.2, 0.25) is 5.60 Å². The van der Waals surface area contributed by atoms with Gasteiger partial charge in [0.1, 0.15) is 5.82 Å². The maximum Gasteiger partial charge on any atom is 0.305 e. The van der Waals surface area contributed by atoms with E-state index in [9.17, 15) is 29.3 Å². The summed E-state index contributed by atoms with van der Waals surface area (Å²) in [5, 5.41) is 35.7. The number of nitrogens with one attached hydrogen (secondary N) is 1. The van der Waals surface area contributed by atoms with Gasteiger partial charge in [0.25, 0.3) is 5.91 Å². The van der Waals surface area contributed by atoms with Crippen LogP contribution in [0, 0.1) is 11.7 Å². The number of amides is 1. The molecule has 6 atom stereocenters. The number of ether oxygens (including phenoxy) is 2. The van der Waals surface area contributed by atoms with Gasteiger partial charge in [0.05, 0.1) is 18.6 Å². The highest BCUT2D eigenvalue weighted by Crippen LogP contribution is 2.79. The smallest absolute Gasteiger partial charge is 0.305 e. The molecule has 0 spiro atoms. The van der Waals surface area contributed by atoms with Gasteiger partial charge in [-0.05, 0) is 42.2 Å². The largest absolute Gasteiger partial charge is 0.481 e. The fourth-order valence-electron chi connectivity index (χ4n) is 7.33. The van der Waals surface area contributed by atoms with Crippen LogP contribution in [-0.4, -0.2) is 62.2 Å². The second-order valence-corrected chi connectivity index (χ2v) is 11.8. The van der Waals surface area contributed by atoms with Crippen molar-refractivity contribution in [1.29, 1.82) is 0 Å². The minimum atomic E-state index is -1.92. The zero-order chi connectivity index (χ0) is 30.6. The number of carboxylic acid groups (broad SMARTS) is 1. The summed E-state index contributed by atoms with van der Waals surface area (Å²) in [7, 11) is 0. The number of nitrogens with zero attached hydrogens (tertiary/aromatic N) is 1. The molecule has 9 nitrogen and oxygen atoms in total. The predicted molar refractivity (Wildman–Crippen MR) is 154 cm³/mol. The van der Waals surface area contributed by atoms with Gasteiger partial charge in [0.15, 0.2) is 17.1 Å². The van der Waals surface area contributed by atoms with Crippen molar-refractivity contribution in [2.24, 2.45) is 5.92 Å². The maximum absolute atomic E-state index is 14.6. The lowest BCUT2D eigenvalue weighted by Gasteiger charge is -2.54. The number of carbonyl (C=O) groups is 2. The molecule has 0 aliphatic carbocycles. The Morgan fingerprint density at radius 1 is 1.00 bits per heavy atom. The van der Waals surface area contributed by atoms with Crippen molar-refractivity contribution in [3.05, 3.63) is 102 Å². The first-order valence-electron chi connectivity index (χ1n) is 14.5. The van der Waals surface area contributed by atoms with E-state index >= 15 is 0 Å². The van der Waals surface area contributed by atoms with Crippen LogP contribution >= 0.6 is 0 Å². The molecule has 10 heteroatoms. The van der Waals surface area contributed by atoms with Crippen molar-refractivity contribution in [3.63, 3.8) is 0 Å². The van der Waals surface area contributed by atoms with E-state index in [4.69, 9.17) is 9.47 Å². The lowest BCUT2D eigenvalue weighted by atomic mass is 9.73. The Hall–Kier alpha value is -3.67. The number of hydrogen-bond donors (Lipinski definition) is 4. The molecule has 0 aromatic heterocycles. The van der Waals surface area contributed by atoms with Gasteiger partial charge in [-0.3, -0.25) is 9.59 Å². The number of carbonyl (C=O) groups excluding carboxylic acids is 1. The Morgan fingerprint density at radius 3 is 2.23 bits per heavy atom. The number of anilines is 1. The Kier molecular flexibility index (Phi) is 7.18. The Morgan fingerprint density at radius 2 is 1.63 bits per heavy atom. The van der Waals surface area contributed by atoms with Crippen molar-refractivity contribution in [1.82, 2.24) is 4.90 Å². The summed E-state index contributed by atoms with van der Waals surface area (Å²) in [5.41, 5.74) is -5.55. The Balaban J connectivity index is 1.59. The number of morpholine rings is 1. The van der Waals surface area contributed by atoms with Crippen LogP contribution in [0.3, 0.4) is 0 Å². The van der Waals surface area contributed by atoms with Crippen molar-refractivity contribution in [3.8, 4) is 0 Å². The van der Waals surface area contributed by atoms with Gasteiger partial charge >= 0.3 is 5.97 Å². The van der Waals surface area contributed by atoms with Gasteiger partial charge in [-0.2, -0.15) is 0 Å². The number of benzene rings is 3. The third-order valence-corrected chi connectivity index (χ3v) is 9.08. The topological polar surface area (TPSA) is 132 Å². The summed E-state index contributed by atoms with van der Waals surface area (Å²) in [6, 6.07) is 23.6. The molecule has 43 heavy (non-hydrogen) atoms. The summed E-state index contributed by atoms with van der Waals surface area (Å²) in [4.78, 5) is 27.7. The van der Waals surface area contributed by atoms with Gasteiger partial charge in [-0.15, -0.1) is 0 Å². The van der Waals surface area contributed by atoms with Crippen molar-refractivity contribution < 1.29 is 38.8 Å². The number of para-hydroxylation sites is 1. The zero-order valence-electron chi connectivity index (χ0n) is 23.9. The highest BCUT2D eigenvalue weighted by molar-refractivity contribution is 6.03. The number of aliphatic hydroxyl groups is 2. The molecule has 0 radical (unpaired) electrons. The van der Waals surface area contributed by atoms with Gasteiger partial charge < -0.3 is 30.1 Å². The summed E-state index contributed by atoms with van der Waals surface area (Å²) in [6.45, 7) is 3.83. The van der Waals surface area contributed by atoms with E-state index in [1.807, 2.05) is 12.1 Å². The summed E-state index contributed by atoms with van der Waals surface area (Å²) in [5.74, 6) is -2.75. The van der Waals surface area contributed by atoms with Gasteiger partial charge in [0, 0.05) is 24.2 Å². The molecule has 0 saturated carbocycles. The van der Waals surface area contributed by atoms with Crippen molar-refractivity contribution >= 4 is 17.6 Å². The molecule has 3 aromatic carbocycles. The van der Waals surface area contributed by atoms with E-state index in [0.717, 1.165) is 0 Å². The molecule has 3 aliphatic heterocycles. The summed E-state index contributed by atoms with van der Waals surface area (Å²) in [6.07, 6.45) is -2.01. The molecule has 3 heterocycles. The second-order valence-electron chi connectivity index (χ2n) is 11.8. The molecule has 3 aromatic rings. The number of carboxylic acids is 1. The molecule has 0 bridgehead atoms. The van der Waals surface area contributed by atoms with E-state index < -0.39 is 64.9 Å². The number of epoxide rings is 1. The number of halogens is 1. The van der Waals surface area contributed by atoms with E-state index in [1.165, 1.54) is 12.1 Å². The summed E-state index contributed by atoms with van der Waals surface area (Å²) >= 11 is 0. The predicted octanol–water partition coefficient (Wildman–Crippen LogP) is 3.96. The van der Waals surface area contributed by atoms with Gasteiger partial charge in [-0.25, -0.2) is 9.29 Å². The molecule has 4 N–H and O–H groups in total. The fourth-order valence-corrected chi connectivity index (χ4v) is 7.33. The molecule has 3 fully saturated rings. The van der Waals surface area contributed by atoms with Crippen LogP contribution in [0.5, 0.6) is 0 Å². The minimum absolute atomic E-state index is 0.00271. The van der Waals surface area contributed by atoms with E-state index in [-0.39, 0.29) is 13.0 Å². The zero-order valence-corrected chi connectivity index (χ0v) is 23.9. The molecular formula is C33H35FN2O7. The number of aliphatic carboxylic acids is 1. The van der Waals surface area contributed by atoms with E-state index in [0.29, 0.717) is 23.2 Å². The Bertz CT molecular complexity index is 1510.